The van der Waals surface area contributed by atoms with Crippen LogP contribution in [0.3, 0.4) is 0 Å². The van der Waals surface area contributed by atoms with Gasteiger partial charge >= 0.3 is 0 Å². The number of nitrogens with zero attached hydrogens (tertiary/aromatic N) is 1. The van der Waals surface area contributed by atoms with Gasteiger partial charge in [-0.2, -0.15) is 0 Å². The lowest BCUT2D eigenvalue weighted by Crippen LogP contribution is -2.23. The number of pyridine rings is 1. The van der Waals surface area contributed by atoms with Crippen molar-refractivity contribution in [3.05, 3.63) is 46.6 Å². The van der Waals surface area contributed by atoms with Gasteiger partial charge in [0.15, 0.2) is 0 Å². The van der Waals surface area contributed by atoms with Gasteiger partial charge in [-0.05, 0) is 30.7 Å². The summed E-state index contributed by atoms with van der Waals surface area (Å²) in [5.74, 6) is 0. The Kier molecular flexibility index (Phi) is 4.87. The van der Waals surface area contributed by atoms with E-state index in [1.165, 1.54) is 11.3 Å². The van der Waals surface area contributed by atoms with Crippen LogP contribution < -0.4 is 4.72 Å². The fourth-order valence-corrected chi connectivity index (χ4v) is 4.06. The maximum atomic E-state index is 12.1. The number of hydrogen-bond donors (Lipinski definition) is 2. The predicted octanol–water partition coefficient (Wildman–Crippen LogP) is 1.46. The SMILES string of the molecule is Cc1cccnc1CNS(=O)(=O)c1ccc(CCO)s1. The Bertz CT molecular complexity index is 680. The number of aliphatic hydroxyl groups is 1. The second-order valence-electron chi connectivity index (χ2n) is 4.29. The molecule has 0 aliphatic carbocycles. The molecule has 0 bridgehead atoms. The summed E-state index contributed by atoms with van der Waals surface area (Å²) in [6, 6.07) is 6.99. The molecule has 108 valence electrons. The van der Waals surface area contributed by atoms with Crippen LogP contribution in [-0.4, -0.2) is 25.1 Å². The average Bonchev–Trinajstić information content (AvgIpc) is 2.88. The van der Waals surface area contributed by atoms with Gasteiger partial charge in [-0.15, -0.1) is 11.3 Å². The Morgan fingerprint density at radius 3 is 2.85 bits per heavy atom. The molecule has 2 aromatic rings. The average molecular weight is 312 g/mol. The van der Waals surface area contributed by atoms with E-state index >= 15 is 0 Å². The molecular weight excluding hydrogens is 296 g/mol. The van der Waals surface area contributed by atoms with Gasteiger partial charge in [-0.3, -0.25) is 4.98 Å². The summed E-state index contributed by atoms with van der Waals surface area (Å²) in [6.45, 7) is 2.07. The van der Waals surface area contributed by atoms with Crippen LogP contribution in [0.15, 0.2) is 34.7 Å². The van der Waals surface area contributed by atoms with Crippen LogP contribution in [0.5, 0.6) is 0 Å². The normalized spacial score (nSPS) is 11.7. The van der Waals surface area contributed by atoms with Gasteiger partial charge < -0.3 is 5.11 Å². The standard InChI is InChI=1S/C13H16N2O3S2/c1-10-3-2-7-14-12(10)9-15-20(17,18)13-5-4-11(19-13)6-8-16/h2-5,7,15-16H,6,8-9H2,1H3. The minimum absolute atomic E-state index is 0.0144. The molecule has 0 aliphatic heterocycles. The highest BCUT2D eigenvalue weighted by atomic mass is 32.2. The van der Waals surface area contributed by atoms with Crippen LogP contribution in [-0.2, 0) is 23.0 Å². The van der Waals surface area contributed by atoms with Gasteiger partial charge in [0.2, 0.25) is 10.0 Å². The largest absolute Gasteiger partial charge is 0.396 e. The summed E-state index contributed by atoms with van der Waals surface area (Å²) in [5, 5.41) is 8.85. The highest BCUT2D eigenvalue weighted by Crippen LogP contribution is 2.22. The number of aromatic nitrogens is 1. The van der Waals surface area contributed by atoms with Crippen LogP contribution in [0.25, 0.3) is 0 Å². The highest BCUT2D eigenvalue weighted by molar-refractivity contribution is 7.91. The quantitative estimate of drug-likeness (QED) is 0.846. The lowest BCUT2D eigenvalue weighted by molar-refractivity contribution is 0.300. The zero-order valence-corrected chi connectivity index (χ0v) is 12.7. The molecule has 0 radical (unpaired) electrons. The van der Waals surface area contributed by atoms with Crippen LogP contribution >= 0.6 is 11.3 Å². The first-order chi connectivity index (χ1) is 9.53. The van der Waals surface area contributed by atoms with Crippen molar-refractivity contribution < 1.29 is 13.5 Å². The molecule has 0 aromatic carbocycles. The molecule has 0 atom stereocenters. The second kappa shape index (κ2) is 6.45. The Labute approximate surface area is 122 Å². The van der Waals surface area contributed by atoms with E-state index < -0.39 is 10.0 Å². The lowest BCUT2D eigenvalue weighted by Gasteiger charge is -2.06. The fourth-order valence-electron chi connectivity index (χ4n) is 1.69. The molecule has 0 spiro atoms. The van der Waals surface area contributed by atoms with Crippen molar-refractivity contribution in [2.45, 2.75) is 24.1 Å². The molecule has 2 aromatic heterocycles. The van der Waals surface area contributed by atoms with Gasteiger partial charge in [0.05, 0.1) is 12.2 Å². The third-order valence-corrected chi connectivity index (χ3v) is 5.85. The third kappa shape index (κ3) is 3.63. The van der Waals surface area contributed by atoms with Gasteiger partial charge in [0.25, 0.3) is 0 Å². The molecule has 0 aliphatic rings. The van der Waals surface area contributed by atoms with E-state index in [-0.39, 0.29) is 17.4 Å². The third-order valence-electron chi connectivity index (χ3n) is 2.81. The first-order valence-corrected chi connectivity index (χ1v) is 8.42. The van der Waals surface area contributed by atoms with Crippen molar-refractivity contribution in [1.29, 1.82) is 0 Å². The van der Waals surface area contributed by atoms with Crippen LogP contribution in [0.4, 0.5) is 0 Å². The first-order valence-electron chi connectivity index (χ1n) is 6.12. The first kappa shape index (κ1) is 15.1. The minimum atomic E-state index is -3.53. The number of rotatable bonds is 6. The Morgan fingerprint density at radius 1 is 1.35 bits per heavy atom. The van der Waals surface area contributed by atoms with Crippen molar-refractivity contribution in [3.8, 4) is 0 Å². The molecule has 0 saturated carbocycles. The summed E-state index contributed by atoms with van der Waals surface area (Å²) < 4.78 is 27.1. The number of aryl methyl sites for hydroxylation is 1. The molecule has 0 fully saturated rings. The number of aliphatic hydroxyl groups excluding tert-OH is 1. The molecule has 2 heterocycles. The highest BCUT2D eigenvalue weighted by Gasteiger charge is 2.17. The summed E-state index contributed by atoms with van der Waals surface area (Å²) in [7, 11) is -3.53. The summed E-state index contributed by atoms with van der Waals surface area (Å²) >= 11 is 1.17. The number of nitrogens with one attached hydrogen (secondary N) is 1. The van der Waals surface area contributed by atoms with Crippen LogP contribution in [0.2, 0.25) is 0 Å². The van der Waals surface area contributed by atoms with Crippen molar-refractivity contribution in [2.75, 3.05) is 6.61 Å². The molecule has 20 heavy (non-hydrogen) atoms. The number of thiophene rings is 1. The molecule has 2 N–H and O–H groups in total. The predicted molar refractivity (Wildman–Crippen MR) is 78.1 cm³/mol. The maximum Gasteiger partial charge on any atom is 0.250 e. The zero-order chi connectivity index (χ0) is 14.6. The molecule has 7 heteroatoms. The molecule has 0 saturated heterocycles. The smallest absolute Gasteiger partial charge is 0.250 e. The minimum Gasteiger partial charge on any atom is -0.396 e. The van der Waals surface area contributed by atoms with Gasteiger partial charge in [0, 0.05) is 24.1 Å². The van der Waals surface area contributed by atoms with Crippen molar-refractivity contribution >= 4 is 21.4 Å². The maximum absolute atomic E-state index is 12.1. The van der Waals surface area contributed by atoms with E-state index in [4.69, 9.17) is 5.11 Å². The van der Waals surface area contributed by atoms with Crippen molar-refractivity contribution in [1.82, 2.24) is 9.71 Å². The second-order valence-corrected chi connectivity index (χ2v) is 7.45. The zero-order valence-electron chi connectivity index (χ0n) is 11.0. The summed E-state index contributed by atoms with van der Waals surface area (Å²) in [4.78, 5) is 5.00. The van der Waals surface area contributed by atoms with Crippen molar-refractivity contribution in [2.24, 2.45) is 0 Å². The van der Waals surface area contributed by atoms with E-state index in [1.54, 1.807) is 18.3 Å². The topological polar surface area (TPSA) is 79.3 Å². The molecule has 5 nitrogen and oxygen atoms in total. The number of sulfonamides is 1. The number of hydrogen-bond acceptors (Lipinski definition) is 5. The molecule has 0 amide bonds. The van der Waals surface area contributed by atoms with Gasteiger partial charge in [-0.1, -0.05) is 6.07 Å². The Balaban J connectivity index is 2.09. The van der Waals surface area contributed by atoms with Crippen molar-refractivity contribution in [3.63, 3.8) is 0 Å². The molecule has 0 unspecified atom stereocenters. The van der Waals surface area contributed by atoms with E-state index in [1.807, 2.05) is 19.1 Å². The lowest BCUT2D eigenvalue weighted by atomic mass is 10.2. The van der Waals surface area contributed by atoms with E-state index in [9.17, 15) is 8.42 Å². The summed E-state index contributed by atoms with van der Waals surface area (Å²) in [6.07, 6.45) is 2.11. The van der Waals surface area contributed by atoms with Gasteiger partial charge in [0.1, 0.15) is 4.21 Å². The van der Waals surface area contributed by atoms with E-state index in [2.05, 4.69) is 9.71 Å². The monoisotopic (exact) mass is 312 g/mol. The Hall–Kier alpha value is -1.28. The van der Waals surface area contributed by atoms with Gasteiger partial charge in [-0.25, -0.2) is 13.1 Å². The van der Waals surface area contributed by atoms with Crippen LogP contribution in [0, 0.1) is 6.92 Å². The van der Waals surface area contributed by atoms with E-state index in [0.29, 0.717) is 12.1 Å². The Morgan fingerprint density at radius 2 is 2.15 bits per heavy atom. The molecule has 2 rings (SSSR count). The molecular formula is C13H16N2O3S2. The fraction of sp³-hybridized carbons (Fsp3) is 0.308. The summed E-state index contributed by atoms with van der Waals surface area (Å²) in [5.41, 5.74) is 1.66. The van der Waals surface area contributed by atoms with Crippen LogP contribution in [0.1, 0.15) is 16.1 Å². The van der Waals surface area contributed by atoms with E-state index in [0.717, 1.165) is 10.4 Å².